The Labute approximate surface area is 168 Å². The third-order valence-electron chi connectivity index (χ3n) is 4.11. The van der Waals surface area contributed by atoms with Crippen LogP contribution in [0, 0.1) is 6.92 Å². The van der Waals surface area contributed by atoms with Gasteiger partial charge in [0.25, 0.3) is 5.91 Å². The smallest absolute Gasteiger partial charge is 0.251 e. The van der Waals surface area contributed by atoms with Crippen LogP contribution in [-0.2, 0) is 0 Å². The number of carbonyl (C=O) groups is 1. The molecule has 0 radical (unpaired) electrons. The van der Waals surface area contributed by atoms with Gasteiger partial charge in [0.15, 0.2) is 5.16 Å². The molecule has 6 nitrogen and oxygen atoms in total. The van der Waals surface area contributed by atoms with Gasteiger partial charge in [-0.3, -0.25) is 9.36 Å². The molecule has 2 aromatic carbocycles. The topological polar surface area (TPSA) is 76.4 Å². The second-order valence-corrected chi connectivity index (χ2v) is 7.10. The number of ether oxygens (including phenoxy) is 1. The van der Waals surface area contributed by atoms with Crippen LogP contribution in [0.1, 0.15) is 15.9 Å². The fourth-order valence-electron chi connectivity index (χ4n) is 2.70. The normalized spacial score (nSPS) is 11.8. The number of aryl methyl sites for hydroxylation is 1. The number of hydrogen-bond donors (Lipinski definition) is 2. The molecule has 0 saturated carbocycles. The Morgan fingerprint density at radius 1 is 1.29 bits per heavy atom. The van der Waals surface area contributed by atoms with Crippen LogP contribution in [0.2, 0.25) is 0 Å². The van der Waals surface area contributed by atoms with Gasteiger partial charge in [-0.25, -0.2) is 4.98 Å². The number of hydrogen-bond acceptors (Lipinski definition) is 5. The van der Waals surface area contributed by atoms with Crippen LogP contribution < -0.4 is 10.1 Å². The van der Waals surface area contributed by atoms with Gasteiger partial charge in [0.1, 0.15) is 18.5 Å². The van der Waals surface area contributed by atoms with Crippen LogP contribution in [0.3, 0.4) is 0 Å². The highest BCUT2D eigenvalue weighted by molar-refractivity contribution is 7.98. The predicted octanol–water partition coefficient (Wildman–Crippen LogP) is 3.07. The lowest BCUT2D eigenvalue weighted by Gasteiger charge is -2.14. The Morgan fingerprint density at radius 3 is 2.89 bits per heavy atom. The van der Waals surface area contributed by atoms with Crippen LogP contribution in [-0.4, -0.2) is 46.1 Å². The van der Waals surface area contributed by atoms with Gasteiger partial charge in [-0.1, -0.05) is 30.0 Å². The van der Waals surface area contributed by atoms with E-state index in [1.807, 2.05) is 60.3 Å². The fraction of sp³-hybridized carbons (Fsp3) is 0.238. The Kier molecular flexibility index (Phi) is 6.73. The van der Waals surface area contributed by atoms with Crippen LogP contribution in [0.25, 0.3) is 5.69 Å². The van der Waals surface area contributed by atoms with Crippen LogP contribution in [0.4, 0.5) is 0 Å². The molecule has 0 aliphatic rings. The molecule has 1 unspecified atom stereocenters. The molecule has 1 heterocycles. The van der Waals surface area contributed by atoms with Gasteiger partial charge in [-0.05, 0) is 49.1 Å². The lowest BCUT2D eigenvalue weighted by atomic mass is 10.2. The van der Waals surface area contributed by atoms with Crippen molar-refractivity contribution < 1.29 is 14.6 Å². The van der Waals surface area contributed by atoms with E-state index in [1.165, 1.54) is 11.8 Å². The van der Waals surface area contributed by atoms with Crippen LogP contribution in [0.15, 0.2) is 66.1 Å². The summed E-state index contributed by atoms with van der Waals surface area (Å²) < 4.78 is 7.49. The molecule has 1 atom stereocenters. The summed E-state index contributed by atoms with van der Waals surface area (Å²) in [4.78, 5) is 16.7. The Bertz CT molecular complexity index is 942. The third kappa shape index (κ3) is 5.15. The minimum atomic E-state index is -0.801. The average molecular weight is 398 g/mol. The zero-order valence-corrected chi connectivity index (χ0v) is 16.6. The summed E-state index contributed by atoms with van der Waals surface area (Å²) in [5, 5.41) is 13.7. The molecular weight excluding hydrogens is 374 g/mol. The number of aliphatic hydroxyl groups is 1. The first kappa shape index (κ1) is 20.0. The van der Waals surface area contributed by atoms with Gasteiger partial charge in [-0.15, -0.1) is 0 Å². The molecular formula is C21H23N3O3S. The molecule has 0 spiro atoms. The van der Waals surface area contributed by atoms with E-state index in [9.17, 15) is 9.90 Å². The number of benzene rings is 2. The number of amides is 1. The molecule has 0 fully saturated rings. The fourth-order valence-corrected chi connectivity index (χ4v) is 3.23. The molecule has 0 saturated heterocycles. The minimum Gasteiger partial charge on any atom is -0.491 e. The number of aromatic nitrogens is 2. The second-order valence-electron chi connectivity index (χ2n) is 6.33. The van der Waals surface area contributed by atoms with Crippen molar-refractivity contribution in [2.24, 2.45) is 0 Å². The van der Waals surface area contributed by atoms with Crippen molar-refractivity contribution in [3.8, 4) is 11.4 Å². The molecule has 0 bridgehead atoms. The Morgan fingerprint density at radius 2 is 2.11 bits per heavy atom. The quantitative estimate of drug-likeness (QED) is 0.572. The number of aliphatic hydroxyl groups excluding tert-OH is 1. The molecule has 0 aliphatic heterocycles. The first-order valence-corrected chi connectivity index (χ1v) is 10.1. The lowest BCUT2D eigenvalue weighted by Crippen LogP contribution is -2.35. The minimum absolute atomic E-state index is 0.107. The van der Waals surface area contributed by atoms with Crippen molar-refractivity contribution in [1.29, 1.82) is 0 Å². The number of nitrogens with one attached hydrogen (secondary N) is 1. The first-order chi connectivity index (χ1) is 13.6. The zero-order chi connectivity index (χ0) is 19.9. The van der Waals surface area contributed by atoms with Gasteiger partial charge in [-0.2, -0.15) is 0 Å². The molecule has 0 aliphatic carbocycles. The highest BCUT2D eigenvalue weighted by Crippen LogP contribution is 2.19. The van der Waals surface area contributed by atoms with Gasteiger partial charge in [0, 0.05) is 30.2 Å². The van der Waals surface area contributed by atoms with E-state index in [-0.39, 0.29) is 19.1 Å². The predicted molar refractivity (Wildman–Crippen MR) is 110 cm³/mol. The van der Waals surface area contributed by atoms with Crippen molar-refractivity contribution >= 4 is 17.7 Å². The maximum atomic E-state index is 12.5. The van der Waals surface area contributed by atoms with Crippen LogP contribution >= 0.6 is 11.8 Å². The van der Waals surface area contributed by atoms with Crippen molar-refractivity contribution in [2.45, 2.75) is 18.2 Å². The van der Waals surface area contributed by atoms with E-state index >= 15 is 0 Å². The van der Waals surface area contributed by atoms with Crippen molar-refractivity contribution in [3.63, 3.8) is 0 Å². The summed E-state index contributed by atoms with van der Waals surface area (Å²) in [5.41, 5.74) is 2.46. The SMILES string of the molecule is CSc1nccn1-c1cccc(C(=O)NCC(O)COc2cccc(C)c2)c1. The molecule has 3 aromatic rings. The maximum Gasteiger partial charge on any atom is 0.251 e. The van der Waals surface area contributed by atoms with Crippen molar-refractivity contribution in [3.05, 3.63) is 72.1 Å². The molecule has 1 aromatic heterocycles. The average Bonchev–Trinajstić information content (AvgIpc) is 3.19. The van der Waals surface area contributed by atoms with E-state index in [2.05, 4.69) is 10.3 Å². The molecule has 1 amide bonds. The zero-order valence-electron chi connectivity index (χ0n) is 15.8. The largest absolute Gasteiger partial charge is 0.491 e. The summed E-state index contributed by atoms with van der Waals surface area (Å²) >= 11 is 1.53. The van der Waals surface area contributed by atoms with Gasteiger partial charge < -0.3 is 15.2 Å². The summed E-state index contributed by atoms with van der Waals surface area (Å²) in [5.74, 6) is 0.449. The highest BCUT2D eigenvalue weighted by Gasteiger charge is 2.12. The van der Waals surface area contributed by atoms with Crippen molar-refractivity contribution in [2.75, 3.05) is 19.4 Å². The van der Waals surface area contributed by atoms with E-state index in [1.54, 1.807) is 18.3 Å². The van der Waals surface area contributed by atoms with Crippen molar-refractivity contribution in [1.82, 2.24) is 14.9 Å². The second kappa shape index (κ2) is 9.43. The maximum absolute atomic E-state index is 12.5. The van der Waals surface area contributed by atoms with E-state index in [0.29, 0.717) is 11.3 Å². The number of thioether (sulfide) groups is 1. The molecule has 146 valence electrons. The Hall–Kier alpha value is -2.77. The van der Waals surface area contributed by atoms with Crippen LogP contribution in [0.5, 0.6) is 5.75 Å². The lowest BCUT2D eigenvalue weighted by molar-refractivity contribution is 0.0843. The highest BCUT2D eigenvalue weighted by atomic mass is 32.2. The van der Waals surface area contributed by atoms with Gasteiger partial charge in [0.05, 0.1) is 0 Å². The number of nitrogens with zero attached hydrogens (tertiary/aromatic N) is 2. The van der Waals surface area contributed by atoms with E-state index < -0.39 is 6.10 Å². The standard InChI is InChI=1S/C21H23N3O3S/c1-15-5-3-8-19(11-15)27-14-18(25)13-23-20(26)16-6-4-7-17(12-16)24-10-9-22-21(24)28-2/h3-12,18,25H,13-14H2,1-2H3,(H,23,26). The third-order valence-corrected chi connectivity index (χ3v) is 4.77. The van der Waals surface area contributed by atoms with E-state index in [4.69, 9.17) is 4.74 Å². The van der Waals surface area contributed by atoms with Gasteiger partial charge >= 0.3 is 0 Å². The number of carbonyl (C=O) groups excluding carboxylic acids is 1. The number of rotatable bonds is 8. The van der Waals surface area contributed by atoms with E-state index in [0.717, 1.165) is 16.4 Å². The summed E-state index contributed by atoms with van der Waals surface area (Å²) in [6, 6.07) is 14.9. The number of imidazole rings is 1. The molecule has 3 rings (SSSR count). The summed E-state index contributed by atoms with van der Waals surface area (Å²) in [6.45, 7) is 2.19. The molecule has 7 heteroatoms. The molecule has 28 heavy (non-hydrogen) atoms. The van der Waals surface area contributed by atoms with Gasteiger partial charge in [0.2, 0.25) is 0 Å². The molecule has 2 N–H and O–H groups in total. The Balaban J connectivity index is 1.55. The summed E-state index contributed by atoms with van der Waals surface area (Å²) in [6.07, 6.45) is 4.73. The first-order valence-electron chi connectivity index (χ1n) is 8.90. The monoisotopic (exact) mass is 397 g/mol. The summed E-state index contributed by atoms with van der Waals surface area (Å²) in [7, 11) is 0.